The fourth-order valence-corrected chi connectivity index (χ4v) is 5.68. The Balaban J connectivity index is 0.952. The summed E-state index contributed by atoms with van der Waals surface area (Å²) in [5.41, 5.74) is 2.65. The quantitative estimate of drug-likeness (QED) is 0.408. The van der Waals surface area contributed by atoms with Crippen LogP contribution in [0.4, 0.5) is 0 Å². The Morgan fingerprint density at radius 2 is 1.03 bits per heavy atom. The minimum Gasteiger partial charge on any atom is -0.491 e. The van der Waals surface area contributed by atoms with Crippen molar-refractivity contribution in [1.29, 1.82) is 0 Å². The van der Waals surface area contributed by atoms with Crippen molar-refractivity contribution >= 4 is 0 Å². The Bertz CT molecular complexity index is 959. The Hall–Kier alpha value is -2.64. The van der Waals surface area contributed by atoms with Crippen LogP contribution in [0.3, 0.4) is 0 Å². The molecule has 38 heavy (non-hydrogen) atoms. The molecular formula is C32H42N2O4. The minimum absolute atomic E-state index is 0.289. The van der Waals surface area contributed by atoms with Gasteiger partial charge in [-0.2, -0.15) is 0 Å². The maximum absolute atomic E-state index is 10.5. The van der Waals surface area contributed by atoms with Crippen LogP contribution < -0.4 is 9.47 Å². The molecule has 0 amide bonds. The normalized spacial score (nSPS) is 23.5. The van der Waals surface area contributed by atoms with Crippen LogP contribution in [-0.4, -0.2) is 84.7 Å². The second kappa shape index (κ2) is 13.4. The summed E-state index contributed by atoms with van der Waals surface area (Å²) in [5.74, 6) is 2.66. The smallest absolute Gasteiger partial charge is 0.119 e. The van der Waals surface area contributed by atoms with Crippen LogP contribution in [0.1, 0.15) is 48.6 Å². The molecule has 2 aromatic rings. The summed E-state index contributed by atoms with van der Waals surface area (Å²) in [4.78, 5) is 4.54. The molecule has 204 valence electrons. The van der Waals surface area contributed by atoms with Crippen LogP contribution in [-0.2, 0) is 0 Å². The van der Waals surface area contributed by atoms with E-state index in [1.807, 2.05) is 24.3 Å². The van der Waals surface area contributed by atoms with Crippen LogP contribution >= 0.6 is 0 Å². The number of β-amino-alcohol motifs (C(OH)–C–C–N with tert-alkyl or cyclic N) is 2. The van der Waals surface area contributed by atoms with Gasteiger partial charge >= 0.3 is 0 Å². The zero-order valence-electron chi connectivity index (χ0n) is 22.3. The van der Waals surface area contributed by atoms with Crippen molar-refractivity contribution in [3.8, 4) is 11.5 Å². The zero-order chi connectivity index (χ0) is 26.2. The molecule has 3 aliphatic rings. The molecule has 0 radical (unpaired) electrons. The second-order valence-electron chi connectivity index (χ2n) is 10.9. The molecule has 2 aliphatic carbocycles. The van der Waals surface area contributed by atoms with Gasteiger partial charge in [0.25, 0.3) is 0 Å². The number of benzene rings is 2. The predicted molar refractivity (Wildman–Crippen MR) is 151 cm³/mol. The highest BCUT2D eigenvalue weighted by atomic mass is 16.5. The van der Waals surface area contributed by atoms with Crippen molar-refractivity contribution in [2.24, 2.45) is 0 Å². The topological polar surface area (TPSA) is 65.4 Å². The number of nitrogens with zero attached hydrogens (tertiary/aromatic N) is 2. The second-order valence-corrected chi connectivity index (χ2v) is 10.9. The first-order valence-corrected chi connectivity index (χ1v) is 14.2. The average Bonchev–Trinajstić information content (AvgIpc) is 3.68. The molecule has 0 spiro atoms. The fourth-order valence-electron chi connectivity index (χ4n) is 5.68. The molecule has 1 saturated heterocycles. The van der Waals surface area contributed by atoms with Gasteiger partial charge < -0.3 is 19.7 Å². The monoisotopic (exact) mass is 518 g/mol. The summed E-state index contributed by atoms with van der Waals surface area (Å²) >= 11 is 0. The van der Waals surface area contributed by atoms with E-state index in [1.165, 1.54) is 24.0 Å². The number of ether oxygens (including phenoxy) is 2. The molecule has 4 unspecified atom stereocenters. The van der Waals surface area contributed by atoms with Gasteiger partial charge in [0, 0.05) is 51.1 Å². The first kappa shape index (κ1) is 26.9. The van der Waals surface area contributed by atoms with Crippen LogP contribution in [0.5, 0.6) is 11.5 Å². The van der Waals surface area contributed by atoms with Gasteiger partial charge in [-0.3, -0.25) is 9.80 Å². The van der Waals surface area contributed by atoms with E-state index in [1.54, 1.807) is 0 Å². The summed E-state index contributed by atoms with van der Waals surface area (Å²) in [6.07, 6.45) is 12.7. The summed E-state index contributed by atoms with van der Waals surface area (Å²) in [7, 11) is 0. The number of aliphatic hydroxyl groups excluding tert-OH is 2. The molecule has 4 atom stereocenters. The van der Waals surface area contributed by atoms with Gasteiger partial charge in [0.15, 0.2) is 0 Å². The standard InChI is InChI=1S/C32H42N2O4/c35-29(23-37-31-13-9-27(10-14-31)25-5-1-2-6-25)21-33-17-19-34(20-18-33)22-30(36)24-38-32-15-11-28(12-16-32)26-7-3-4-8-26/h1,3,5,7,9-16,25-26,29-30,35-36H,2,4,6,8,17-24H2. The number of rotatable bonds is 12. The van der Waals surface area contributed by atoms with Gasteiger partial charge in [-0.1, -0.05) is 48.6 Å². The Kier molecular flexibility index (Phi) is 9.52. The van der Waals surface area contributed by atoms with Gasteiger partial charge in [-0.15, -0.1) is 0 Å². The summed E-state index contributed by atoms with van der Waals surface area (Å²) in [5, 5.41) is 21.0. The van der Waals surface area contributed by atoms with E-state index in [2.05, 4.69) is 58.4 Å². The molecular weight excluding hydrogens is 476 g/mol. The lowest BCUT2D eigenvalue weighted by atomic mass is 9.99. The highest BCUT2D eigenvalue weighted by Gasteiger charge is 2.22. The summed E-state index contributed by atoms with van der Waals surface area (Å²) in [6, 6.07) is 16.5. The third kappa shape index (κ3) is 7.70. The maximum Gasteiger partial charge on any atom is 0.119 e. The van der Waals surface area contributed by atoms with Crippen molar-refractivity contribution in [3.63, 3.8) is 0 Å². The number of hydrogen-bond acceptors (Lipinski definition) is 6. The number of piperazine rings is 1. The molecule has 1 fully saturated rings. The molecule has 5 rings (SSSR count). The Morgan fingerprint density at radius 3 is 1.37 bits per heavy atom. The highest BCUT2D eigenvalue weighted by Crippen LogP contribution is 2.30. The van der Waals surface area contributed by atoms with Gasteiger partial charge in [-0.25, -0.2) is 0 Å². The molecule has 0 bridgehead atoms. The van der Waals surface area contributed by atoms with Crippen molar-refractivity contribution in [1.82, 2.24) is 9.80 Å². The van der Waals surface area contributed by atoms with E-state index in [-0.39, 0.29) is 13.2 Å². The Morgan fingerprint density at radius 1 is 0.632 bits per heavy atom. The lowest BCUT2D eigenvalue weighted by molar-refractivity contribution is 0.0240. The van der Waals surface area contributed by atoms with Gasteiger partial charge in [-0.05, 0) is 61.1 Å². The molecule has 0 aromatic heterocycles. The van der Waals surface area contributed by atoms with E-state index >= 15 is 0 Å². The van der Waals surface area contributed by atoms with Crippen molar-refractivity contribution in [3.05, 3.63) is 84.0 Å². The third-order valence-electron chi connectivity index (χ3n) is 7.93. The number of hydrogen-bond donors (Lipinski definition) is 2. The van der Waals surface area contributed by atoms with Gasteiger partial charge in [0.1, 0.15) is 36.9 Å². The average molecular weight is 519 g/mol. The SMILES string of the molecule is OC(COc1ccc(C2C=CCC2)cc1)CN1CCN(CC(O)COc2ccc(C3C=CCC3)cc2)CC1. The molecule has 2 N–H and O–H groups in total. The molecule has 6 heteroatoms. The summed E-state index contributed by atoms with van der Waals surface area (Å²) < 4.78 is 11.7. The van der Waals surface area contributed by atoms with Gasteiger partial charge in [0.2, 0.25) is 0 Å². The van der Waals surface area contributed by atoms with Crippen LogP contribution in [0, 0.1) is 0 Å². The maximum atomic E-state index is 10.5. The molecule has 2 aromatic carbocycles. The predicted octanol–water partition coefficient (Wildman–Crippen LogP) is 4.35. The van der Waals surface area contributed by atoms with Crippen LogP contribution in [0.15, 0.2) is 72.8 Å². The number of aliphatic hydroxyl groups is 2. The lowest BCUT2D eigenvalue weighted by Crippen LogP contribution is -2.51. The number of allylic oxidation sites excluding steroid dienone is 4. The van der Waals surface area contributed by atoms with E-state index in [0.717, 1.165) is 50.5 Å². The van der Waals surface area contributed by atoms with E-state index < -0.39 is 12.2 Å². The zero-order valence-corrected chi connectivity index (χ0v) is 22.3. The van der Waals surface area contributed by atoms with E-state index in [9.17, 15) is 10.2 Å². The Labute approximate surface area is 227 Å². The fraction of sp³-hybridized carbons (Fsp3) is 0.500. The van der Waals surface area contributed by atoms with E-state index in [4.69, 9.17) is 9.47 Å². The molecule has 1 aliphatic heterocycles. The largest absolute Gasteiger partial charge is 0.491 e. The third-order valence-corrected chi connectivity index (χ3v) is 7.93. The molecule has 6 nitrogen and oxygen atoms in total. The van der Waals surface area contributed by atoms with Crippen LogP contribution in [0.2, 0.25) is 0 Å². The summed E-state index contributed by atoms with van der Waals surface area (Å²) in [6.45, 7) is 5.23. The van der Waals surface area contributed by atoms with Crippen molar-refractivity contribution < 1.29 is 19.7 Å². The van der Waals surface area contributed by atoms with Crippen molar-refractivity contribution in [2.45, 2.75) is 49.7 Å². The van der Waals surface area contributed by atoms with Gasteiger partial charge in [0.05, 0.1) is 0 Å². The first-order valence-electron chi connectivity index (χ1n) is 14.2. The molecule has 1 heterocycles. The lowest BCUT2D eigenvalue weighted by Gasteiger charge is -2.36. The first-order chi connectivity index (χ1) is 18.6. The highest BCUT2D eigenvalue weighted by molar-refractivity contribution is 5.33. The minimum atomic E-state index is -0.533. The van der Waals surface area contributed by atoms with Crippen LogP contribution in [0.25, 0.3) is 0 Å². The molecule has 0 saturated carbocycles. The van der Waals surface area contributed by atoms with E-state index in [0.29, 0.717) is 24.9 Å². The van der Waals surface area contributed by atoms with Crippen molar-refractivity contribution in [2.75, 3.05) is 52.5 Å².